The fourth-order valence-corrected chi connectivity index (χ4v) is 5.83. The Morgan fingerprint density at radius 3 is 2.31 bits per heavy atom. The zero-order chi connectivity index (χ0) is 29.3. The number of ether oxygens (including phenoxy) is 2. The zero-order valence-corrected chi connectivity index (χ0v) is 21.5. The first-order valence-electron chi connectivity index (χ1n) is 10.9. The van der Waals surface area contributed by atoms with Gasteiger partial charge >= 0.3 is 5.69 Å². The van der Waals surface area contributed by atoms with E-state index < -0.39 is 101 Å². The Kier molecular flexibility index (Phi) is 10.0. The SMILES string of the molecule is CC(=O)N[C@H]1[C@@H](OP(=O)([O-])OP(=O)([O-])OC[C@H]2O[C@@H](n3ccc(=O)[nH]c3=O)[C@H](O)[C@@H]2O)O[C@H](CO)[C@H](O)[C@@H]1O. The van der Waals surface area contributed by atoms with E-state index in [1.807, 2.05) is 4.98 Å². The lowest BCUT2D eigenvalue weighted by molar-refractivity contribution is -0.285. The summed E-state index contributed by atoms with van der Waals surface area (Å²) >= 11 is 0. The minimum Gasteiger partial charge on any atom is -0.756 e. The molecule has 2 unspecified atom stereocenters. The summed E-state index contributed by atoms with van der Waals surface area (Å²) in [6, 6.07) is -0.844. The van der Waals surface area contributed by atoms with E-state index in [2.05, 4.69) is 18.7 Å². The van der Waals surface area contributed by atoms with Crippen LogP contribution in [0.3, 0.4) is 0 Å². The number of nitrogens with one attached hydrogen (secondary N) is 2. The Bertz CT molecular complexity index is 1240. The molecule has 2 aliphatic heterocycles. The van der Waals surface area contributed by atoms with E-state index in [4.69, 9.17) is 9.47 Å². The van der Waals surface area contributed by atoms with Crippen LogP contribution in [-0.4, -0.2) is 103 Å². The largest absolute Gasteiger partial charge is 0.756 e. The van der Waals surface area contributed by atoms with Crippen LogP contribution >= 0.6 is 15.6 Å². The van der Waals surface area contributed by atoms with Gasteiger partial charge in [0.15, 0.2) is 12.5 Å². The first kappa shape index (κ1) is 31.7. The fourth-order valence-electron chi connectivity index (χ4n) is 3.74. The molecule has 0 aromatic carbocycles. The topological polar surface area (TPSA) is 312 Å². The summed E-state index contributed by atoms with van der Waals surface area (Å²) in [5.74, 6) is -0.829. The van der Waals surface area contributed by atoms with Gasteiger partial charge in [-0.3, -0.25) is 32.8 Å². The number of H-pyrrole nitrogens is 1. The first-order valence-corrected chi connectivity index (χ1v) is 13.9. The first-order chi connectivity index (χ1) is 18.0. The van der Waals surface area contributed by atoms with Gasteiger partial charge in [-0.25, -0.2) is 9.11 Å². The molecule has 0 bridgehead atoms. The molecule has 11 atom stereocenters. The van der Waals surface area contributed by atoms with E-state index in [0.29, 0.717) is 4.57 Å². The normalized spacial score (nSPS) is 36.2. The number of aromatic amines is 1. The second kappa shape index (κ2) is 12.3. The molecule has 3 heterocycles. The second-order valence-corrected chi connectivity index (χ2v) is 11.3. The maximum absolute atomic E-state index is 12.3. The molecule has 3 rings (SSSR count). The number of rotatable bonds is 10. The average molecular weight is 605 g/mol. The van der Waals surface area contributed by atoms with Crippen LogP contribution in [0.2, 0.25) is 0 Å². The predicted molar refractivity (Wildman–Crippen MR) is 116 cm³/mol. The van der Waals surface area contributed by atoms with Gasteiger partial charge in [-0.05, 0) is 0 Å². The number of phosphoric acid groups is 2. The Balaban J connectivity index is 1.66. The molecule has 0 aliphatic carbocycles. The number of carbonyl (C=O) groups excluding carboxylic acids is 1. The molecule has 1 amide bonds. The highest BCUT2D eigenvalue weighted by Gasteiger charge is 2.47. The Morgan fingerprint density at radius 1 is 1.08 bits per heavy atom. The van der Waals surface area contributed by atoms with Crippen LogP contribution in [0.5, 0.6) is 0 Å². The third-order valence-electron chi connectivity index (χ3n) is 5.54. The third-order valence-corrected chi connectivity index (χ3v) is 8.07. The fraction of sp³-hybridized carbons (Fsp3) is 0.706. The van der Waals surface area contributed by atoms with Gasteiger partial charge in [0.05, 0.1) is 13.2 Å². The minimum atomic E-state index is -5.94. The summed E-state index contributed by atoms with van der Waals surface area (Å²) < 4.78 is 48.2. The molecule has 7 N–H and O–H groups in total. The number of aromatic nitrogens is 2. The predicted octanol–water partition coefficient (Wildman–Crippen LogP) is -5.91. The number of nitrogens with zero attached hydrogens (tertiary/aromatic N) is 1. The van der Waals surface area contributed by atoms with Gasteiger partial charge in [-0.2, -0.15) is 0 Å². The van der Waals surface area contributed by atoms with Crippen molar-refractivity contribution in [3.05, 3.63) is 33.1 Å². The van der Waals surface area contributed by atoms with Crippen LogP contribution in [0, 0.1) is 0 Å². The van der Waals surface area contributed by atoms with Crippen molar-refractivity contribution in [2.75, 3.05) is 13.2 Å². The van der Waals surface area contributed by atoms with Gasteiger partial charge in [0.25, 0.3) is 21.2 Å². The summed E-state index contributed by atoms with van der Waals surface area (Å²) in [6.45, 7) is -1.09. The van der Waals surface area contributed by atoms with Gasteiger partial charge in [0.2, 0.25) is 5.91 Å². The monoisotopic (exact) mass is 605 g/mol. The maximum Gasteiger partial charge on any atom is 0.330 e. The molecule has 2 saturated heterocycles. The number of amides is 1. The number of aliphatic hydroxyl groups is 5. The van der Waals surface area contributed by atoms with Crippen molar-refractivity contribution in [3.8, 4) is 0 Å². The lowest BCUT2D eigenvalue weighted by atomic mass is 9.97. The highest BCUT2D eigenvalue weighted by Crippen LogP contribution is 2.57. The quantitative estimate of drug-likeness (QED) is 0.122. The Labute approximate surface area is 217 Å². The Morgan fingerprint density at radius 2 is 1.72 bits per heavy atom. The van der Waals surface area contributed by atoms with E-state index in [1.165, 1.54) is 0 Å². The molecule has 0 radical (unpaired) electrons. The maximum atomic E-state index is 12.3. The van der Waals surface area contributed by atoms with Crippen molar-refractivity contribution < 1.29 is 72.1 Å². The van der Waals surface area contributed by atoms with Gasteiger partial charge in [0, 0.05) is 19.2 Å². The zero-order valence-electron chi connectivity index (χ0n) is 19.7. The average Bonchev–Trinajstić information content (AvgIpc) is 3.10. The molecule has 1 aromatic rings. The highest BCUT2D eigenvalue weighted by molar-refractivity contribution is 7.59. The van der Waals surface area contributed by atoms with Gasteiger partial charge in [-0.15, -0.1) is 0 Å². The van der Waals surface area contributed by atoms with E-state index in [9.17, 15) is 58.8 Å². The number of hydrogen-bond donors (Lipinski definition) is 7. The molecule has 1 aromatic heterocycles. The number of hydrogen-bond acceptors (Lipinski definition) is 17. The van der Waals surface area contributed by atoms with Crippen LogP contribution in [-0.2, 0) is 36.8 Å². The number of carbonyl (C=O) groups is 1. The van der Waals surface area contributed by atoms with Gasteiger partial charge < -0.3 is 54.6 Å². The molecule has 2 aliphatic rings. The lowest BCUT2D eigenvalue weighted by Crippen LogP contribution is -2.64. The highest BCUT2D eigenvalue weighted by atomic mass is 31.3. The molecule has 2 fully saturated rings. The summed E-state index contributed by atoms with van der Waals surface area (Å²) in [4.78, 5) is 60.9. The summed E-state index contributed by atoms with van der Waals surface area (Å²) in [6.07, 6.45) is -13.4. The Hall–Kier alpha value is -1.87. The molecular weight excluding hydrogens is 580 g/mol. The second-order valence-electron chi connectivity index (χ2n) is 8.37. The minimum absolute atomic E-state index is 0.697. The molecule has 222 valence electrons. The van der Waals surface area contributed by atoms with Crippen LogP contribution in [0.15, 0.2) is 21.9 Å². The summed E-state index contributed by atoms with van der Waals surface area (Å²) in [5.41, 5.74) is -1.79. The standard InChI is InChI=1S/C17H27N3O17P2/c1-6(22)18-10-13(26)11(24)7(4-21)35-16(10)36-39(31,32)37-38(29,30)33-5-8-12(25)14(27)15(34-8)20-3-2-9(23)19-17(20)28/h2-3,7-8,10-16,21,24-27H,4-5H2,1H3,(H,18,22)(H,29,30)(H,31,32)(H,19,23,28)/p-2/t7-,8-,10-,11+,12-,13-,14-,15-,16-/m1/s1. The summed E-state index contributed by atoms with van der Waals surface area (Å²) in [5, 5.41) is 51.7. The van der Waals surface area contributed by atoms with Crippen molar-refractivity contribution in [2.24, 2.45) is 0 Å². The lowest BCUT2D eigenvalue weighted by Gasteiger charge is -2.44. The van der Waals surface area contributed by atoms with Crippen molar-refractivity contribution in [1.82, 2.24) is 14.9 Å². The van der Waals surface area contributed by atoms with Crippen LogP contribution in [0.25, 0.3) is 0 Å². The van der Waals surface area contributed by atoms with Crippen molar-refractivity contribution in [1.29, 1.82) is 0 Å². The van der Waals surface area contributed by atoms with Crippen molar-refractivity contribution >= 4 is 21.6 Å². The van der Waals surface area contributed by atoms with Gasteiger partial charge in [-0.1, -0.05) is 0 Å². The number of aliphatic hydroxyl groups excluding tert-OH is 5. The van der Waals surface area contributed by atoms with E-state index in [-0.39, 0.29) is 0 Å². The van der Waals surface area contributed by atoms with E-state index in [1.54, 1.807) is 0 Å². The van der Waals surface area contributed by atoms with Gasteiger partial charge in [0.1, 0.15) is 42.7 Å². The molecule has 20 nitrogen and oxygen atoms in total. The molecule has 39 heavy (non-hydrogen) atoms. The van der Waals surface area contributed by atoms with Crippen molar-refractivity contribution in [2.45, 2.75) is 62.1 Å². The van der Waals surface area contributed by atoms with Crippen LogP contribution < -0.4 is 26.4 Å². The van der Waals surface area contributed by atoms with Crippen LogP contribution in [0.1, 0.15) is 13.2 Å². The number of phosphoric ester groups is 2. The molecular formula is C17H25N3O17P2-2. The molecule has 0 saturated carbocycles. The smallest absolute Gasteiger partial charge is 0.330 e. The third kappa shape index (κ3) is 7.66. The molecule has 0 spiro atoms. The molecule has 22 heteroatoms. The van der Waals surface area contributed by atoms with Crippen molar-refractivity contribution in [3.63, 3.8) is 0 Å². The van der Waals surface area contributed by atoms with E-state index >= 15 is 0 Å². The summed E-state index contributed by atoms with van der Waals surface area (Å²) in [7, 11) is -11.8. The van der Waals surface area contributed by atoms with E-state index in [0.717, 1.165) is 19.2 Å². The van der Waals surface area contributed by atoms with Crippen LogP contribution in [0.4, 0.5) is 0 Å².